The van der Waals surface area contributed by atoms with Crippen LogP contribution in [0, 0.1) is 5.82 Å². The number of halogens is 1. The summed E-state index contributed by atoms with van der Waals surface area (Å²) in [5.74, 6) is -1.12. The van der Waals surface area contributed by atoms with Crippen LogP contribution in [0.15, 0.2) is 30.3 Å². The maximum absolute atomic E-state index is 13.4. The van der Waals surface area contributed by atoms with E-state index >= 15 is 0 Å². The third-order valence-electron chi connectivity index (χ3n) is 4.58. The van der Waals surface area contributed by atoms with Crippen LogP contribution in [0.2, 0.25) is 0 Å². The highest BCUT2D eigenvalue weighted by Crippen LogP contribution is 2.44. The highest BCUT2D eigenvalue weighted by molar-refractivity contribution is 7.13. The van der Waals surface area contributed by atoms with Crippen molar-refractivity contribution in [2.24, 2.45) is 0 Å². The number of aliphatic carboxylic acids is 1. The maximum atomic E-state index is 13.4. The van der Waals surface area contributed by atoms with Crippen molar-refractivity contribution in [1.82, 2.24) is 0 Å². The standard InChI is InChI=1S/C23H29FO4S/c1-13(2)22-19(10-9-17(25)11-18(26)12-20(27)28)21(23(29-22)14(3)4)15-5-7-16(24)8-6-15/h5-10,13-14,17-18,25-26H,11-12H2,1-4H3,(H,27,28)/p-1/b10-9+/t17-,18-/m1/s1. The Morgan fingerprint density at radius 2 is 1.69 bits per heavy atom. The lowest BCUT2D eigenvalue weighted by molar-refractivity contribution is -0.307. The summed E-state index contributed by atoms with van der Waals surface area (Å²) >= 11 is 1.71. The Kier molecular flexibility index (Phi) is 8.14. The summed E-state index contributed by atoms with van der Waals surface area (Å²) in [4.78, 5) is 12.9. The van der Waals surface area contributed by atoms with Crippen LogP contribution in [0.4, 0.5) is 4.39 Å². The molecule has 158 valence electrons. The minimum atomic E-state index is -1.35. The molecule has 1 aromatic heterocycles. The molecule has 29 heavy (non-hydrogen) atoms. The van der Waals surface area contributed by atoms with Crippen LogP contribution >= 0.6 is 11.3 Å². The van der Waals surface area contributed by atoms with Crippen molar-refractivity contribution in [3.63, 3.8) is 0 Å². The number of carbonyl (C=O) groups is 1. The Bertz CT molecular complexity index is 853. The largest absolute Gasteiger partial charge is 0.550 e. The second-order valence-corrected chi connectivity index (χ2v) is 8.91. The lowest BCUT2D eigenvalue weighted by Crippen LogP contribution is -2.29. The Hall–Kier alpha value is -2.02. The SMILES string of the molecule is CC(C)c1sc(C(C)C)c(-c2ccc(F)cc2)c1/C=C/[C@@H](O)C[C@@H](O)CC(=O)[O-]. The molecule has 2 aromatic rings. The van der Waals surface area contributed by atoms with Gasteiger partial charge in [-0.2, -0.15) is 0 Å². The van der Waals surface area contributed by atoms with Crippen LogP contribution in [0.25, 0.3) is 17.2 Å². The quantitative estimate of drug-likeness (QED) is 0.642. The molecule has 0 fully saturated rings. The predicted octanol–water partition coefficient (Wildman–Crippen LogP) is 4.07. The molecule has 0 aliphatic rings. The molecule has 2 rings (SSSR count). The molecule has 0 bridgehead atoms. The summed E-state index contributed by atoms with van der Waals surface area (Å²) in [5.41, 5.74) is 2.89. The third-order valence-corrected chi connectivity index (χ3v) is 6.39. The zero-order chi connectivity index (χ0) is 21.7. The number of hydrogen-bond donors (Lipinski definition) is 2. The average molecular weight is 420 g/mol. The molecule has 2 atom stereocenters. The molecule has 0 aliphatic heterocycles. The van der Waals surface area contributed by atoms with Crippen LogP contribution in [0.3, 0.4) is 0 Å². The zero-order valence-electron chi connectivity index (χ0n) is 17.2. The van der Waals surface area contributed by atoms with E-state index in [0.29, 0.717) is 0 Å². The lowest BCUT2D eigenvalue weighted by atomic mass is 9.93. The maximum Gasteiger partial charge on any atom is 0.123 e. The number of hydrogen-bond acceptors (Lipinski definition) is 5. The monoisotopic (exact) mass is 419 g/mol. The van der Waals surface area contributed by atoms with Gasteiger partial charge in [-0.25, -0.2) is 4.39 Å². The molecular weight excluding hydrogens is 391 g/mol. The number of thiophene rings is 1. The minimum absolute atomic E-state index is 0.0887. The van der Waals surface area contributed by atoms with Gasteiger partial charge >= 0.3 is 0 Å². The minimum Gasteiger partial charge on any atom is -0.550 e. The van der Waals surface area contributed by atoms with E-state index < -0.39 is 24.6 Å². The second-order valence-electron chi connectivity index (χ2n) is 7.83. The summed E-state index contributed by atoms with van der Waals surface area (Å²) in [5, 5.41) is 30.5. The normalized spacial score (nSPS) is 14.1. The Morgan fingerprint density at radius 1 is 1.10 bits per heavy atom. The fourth-order valence-corrected chi connectivity index (χ4v) is 4.55. The van der Waals surface area contributed by atoms with Gasteiger partial charge in [-0.3, -0.25) is 0 Å². The summed E-state index contributed by atoms with van der Waals surface area (Å²) in [7, 11) is 0. The van der Waals surface area contributed by atoms with Gasteiger partial charge in [-0.05, 0) is 35.1 Å². The molecule has 0 radical (unpaired) electrons. The van der Waals surface area contributed by atoms with Gasteiger partial charge in [-0.15, -0.1) is 11.3 Å². The Labute approximate surface area is 175 Å². The van der Waals surface area contributed by atoms with E-state index in [2.05, 4.69) is 27.7 Å². The first-order chi connectivity index (χ1) is 13.6. The van der Waals surface area contributed by atoms with Crippen molar-refractivity contribution in [2.45, 2.75) is 64.6 Å². The van der Waals surface area contributed by atoms with Crippen molar-refractivity contribution in [1.29, 1.82) is 0 Å². The molecule has 6 heteroatoms. The fourth-order valence-electron chi connectivity index (χ4n) is 3.24. The van der Waals surface area contributed by atoms with Gasteiger partial charge in [0.15, 0.2) is 0 Å². The zero-order valence-corrected chi connectivity index (χ0v) is 18.0. The number of carboxylic acid groups (broad SMARTS) is 1. The molecule has 0 saturated carbocycles. The highest BCUT2D eigenvalue weighted by atomic mass is 32.1. The molecule has 0 amide bonds. The van der Waals surface area contributed by atoms with Gasteiger partial charge in [-0.1, -0.05) is 52.0 Å². The highest BCUT2D eigenvalue weighted by Gasteiger charge is 2.22. The van der Waals surface area contributed by atoms with Crippen LogP contribution in [0.5, 0.6) is 0 Å². The summed E-state index contributed by atoms with van der Waals surface area (Å²) in [6, 6.07) is 6.38. The number of carbonyl (C=O) groups excluding carboxylic acids is 1. The van der Waals surface area contributed by atoms with E-state index in [-0.39, 0.29) is 24.1 Å². The summed E-state index contributed by atoms with van der Waals surface area (Å²) in [6.45, 7) is 8.42. The van der Waals surface area contributed by atoms with Gasteiger partial charge in [0, 0.05) is 34.1 Å². The number of aliphatic hydroxyl groups is 2. The number of benzene rings is 1. The molecular formula is C23H28FO4S-. The van der Waals surface area contributed by atoms with Crippen LogP contribution in [-0.4, -0.2) is 28.4 Å². The summed E-state index contributed by atoms with van der Waals surface area (Å²) in [6.07, 6.45) is 0.631. The Morgan fingerprint density at radius 3 is 2.21 bits per heavy atom. The molecule has 0 aliphatic carbocycles. The number of rotatable bonds is 9. The van der Waals surface area contributed by atoms with Crippen molar-refractivity contribution >= 4 is 23.4 Å². The van der Waals surface area contributed by atoms with Crippen molar-refractivity contribution < 1.29 is 24.5 Å². The van der Waals surface area contributed by atoms with Gasteiger partial charge in [0.25, 0.3) is 0 Å². The lowest BCUT2D eigenvalue weighted by Gasteiger charge is -2.14. The van der Waals surface area contributed by atoms with Crippen molar-refractivity contribution in [3.8, 4) is 11.1 Å². The van der Waals surface area contributed by atoms with Crippen LogP contribution in [-0.2, 0) is 4.79 Å². The van der Waals surface area contributed by atoms with Crippen LogP contribution < -0.4 is 5.11 Å². The van der Waals surface area contributed by atoms with Gasteiger partial charge in [0.2, 0.25) is 0 Å². The molecule has 1 heterocycles. The fraction of sp³-hybridized carbons (Fsp3) is 0.435. The Balaban J connectivity index is 2.45. The topological polar surface area (TPSA) is 80.6 Å². The first-order valence-corrected chi connectivity index (χ1v) is 10.6. The summed E-state index contributed by atoms with van der Waals surface area (Å²) < 4.78 is 13.4. The average Bonchev–Trinajstić information content (AvgIpc) is 3.00. The third kappa shape index (κ3) is 6.23. The molecule has 1 aromatic carbocycles. The number of carboxylic acids is 1. The smallest absolute Gasteiger partial charge is 0.123 e. The predicted molar refractivity (Wildman–Crippen MR) is 113 cm³/mol. The van der Waals surface area contributed by atoms with E-state index in [1.54, 1.807) is 29.5 Å². The van der Waals surface area contributed by atoms with E-state index in [1.165, 1.54) is 17.0 Å². The molecule has 4 nitrogen and oxygen atoms in total. The molecule has 2 N–H and O–H groups in total. The molecule has 0 unspecified atom stereocenters. The van der Waals surface area contributed by atoms with E-state index in [0.717, 1.165) is 21.6 Å². The van der Waals surface area contributed by atoms with Crippen molar-refractivity contribution in [3.05, 3.63) is 51.5 Å². The van der Waals surface area contributed by atoms with Crippen molar-refractivity contribution in [2.75, 3.05) is 0 Å². The van der Waals surface area contributed by atoms with E-state index in [9.17, 15) is 24.5 Å². The van der Waals surface area contributed by atoms with Gasteiger partial charge in [0.05, 0.1) is 12.2 Å². The molecule has 0 saturated heterocycles. The van der Waals surface area contributed by atoms with Crippen LogP contribution in [0.1, 0.15) is 67.7 Å². The first-order valence-electron chi connectivity index (χ1n) is 9.76. The van der Waals surface area contributed by atoms with Gasteiger partial charge < -0.3 is 20.1 Å². The van der Waals surface area contributed by atoms with Gasteiger partial charge in [0.1, 0.15) is 5.82 Å². The van der Waals surface area contributed by atoms with E-state index in [4.69, 9.17) is 0 Å². The number of aliphatic hydroxyl groups excluding tert-OH is 2. The second kappa shape index (κ2) is 10.1. The molecule has 0 spiro atoms. The first kappa shape index (κ1) is 23.3. The van der Waals surface area contributed by atoms with E-state index in [1.807, 2.05) is 6.08 Å².